The van der Waals surface area contributed by atoms with Crippen LogP contribution in [0.25, 0.3) is 21.7 Å². The highest BCUT2D eigenvalue weighted by atomic mass is 35.5. The molecule has 0 aliphatic carbocycles. The Labute approximate surface area is 111 Å². The van der Waals surface area contributed by atoms with Gasteiger partial charge in [-0.05, 0) is 11.4 Å². The van der Waals surface area contributed by atoms with Gasteiger partial charge in [0, 0.05) is 11.5 Å². The number of nitrogens with zero attached hydrogens (tertiary/aromatic N) is 4. The molecule has 0 aliphatic heterocycles. The van der Waals surface area contributed by atoms with E-state index in [9.17, 15) is 0 Å². The summed E-state index contributed by atoms with van der Waals surface area (Å²) in [5, 5.41) is 3.20. The first-order chi connectivity index (χ1) is 8.78. The average Bonchev–Trinajstić information content (AvgIpc) is 2.87. The highest BCUT2D eigenvalue weighted by Crippen LogP contribution is 2.27. The summed E-state index contributed by atoms with van der Waals surface area (Å²) in [6, 6.07) is 3.57. The van der Waals surface area contributed by atoms with Gasteiger partial charge in [-0.2, -0.15) is 0 Å². The standard InChI is InChI=1S/C11H7ClN4OS/c1-17-8-4-7(13-5-14-8)10-15-9(12)6-2-3-18-11(6)16-10/h2-5H,1H3. The van der Waals surface area contributed by atoms with Crippen LogP contribution in [-0.2, 0) is 0 Å². The van der Waals surface area contributed by atoms with Crippen molar-refractivity contribution in [3.8, 4) is 17.4 Å². The lowest BCUT2D eigenvalue weighted by Gasteiger charge is -2.02. The molecule has 0 unspecified atom stereocenters. The fraction of sp³-hybridized carbons (Fsp3) is 0.0909. The third-order valence-corrected chi connectivity index (χ3v) is 3.45. The number of fused-ring (bicyclic) bond motifs is 1. The van der Waals surface area contributed by atoms with Crippen molar-refractivity contribution < 1.29 is 4.74 Å². The third kappa shape index (κ3) is 1.89. The van der Waals surface area contributed by atoms with Crippen LogP contribution >= 0.6 is 22.9 Å². The Morgan fingerprint density at radius 2 is 2.17 bits per heavy atom. The molecule has 0 atom stereocenters. The quantitative estimate of drug-likeness (QED) is 0.675. The third-order valence-electron chi connectivity index (χ3n) is 2.36. The molecule has 0 spiro atoms. The van der Waals surface area contributed by atoms with E-state index in [1.165, 1.54) is 17.7 Å². The van der Waals surface area contributed by atoms with Crippen molar-refractivity contribution in [2.75, 3.05) is 7.11 Å². The van der Waals surface area contributed by atoms with Crippen LogP contribution in [0.2, 0.25) is 5.15 Å². The Kier molecular flexibility index (Phi) is 2.81. The summed E-state index contributed by atoms with van der Waals surface area (Å²) in [7, 11) is 1.54. The minimum absolute atomic E-state index is 0.425. The molecule has 0 aliphatic rings. The van der Waals surface area contributed by atoms with E-state index in [2.05, 4.69) is 19.9 Å². The van der Waals surface area contributed by atoms with Gasteiger partial charge in [0.15, 0.2) is 5.82 Å². The Morgan fingerprint density at radius 1 is 1.28 bits per heavy atom. The lowest BCUT2D eigenvalue weighted by Crippen LogP contribution is -1.95. The second-order valence-corrected chi connectivity index (χ2v) is 4.68. The Morgan fingerprint density at radius 3 is 3.00 bits per heavy atom. The predicted molar refractivity (Wildman–Crippen MR) is 70.0 cm³/mol. The second kappa shape index (κ2) is 4.47. The van der Waals surface area contributed by atoms with E-state index in [-0.39, 0.29) is 0 Å². The maximum absolute atomic E-state index is 6.11. The van der Waals surface area contributed by atoms with Gasteiger partial charge >= 0.3 is 0 Å². The predicted octanol–water partition coefficient (Wildman–Crippen LogP) is 2.81. The maximum Gasteiger partial charge on any atom is 0.216 e. The molecule has 0 radical (unpaired) electrons. The molecular weight excluding hydrogens is 272 g/mol. The highest BCUT2D eigenvalue weighted by Gasteiger charge is 2.10. The van der Waals surface area contributed by atoms with Gasteiger partial charge in [0.2, 0.25) is 5.88 Å². The Bertz CT molecular complexity index is 715. The smallest absolute Gasteiger partial charge is 0.216 e. The van der Waals surface area contributed by atoms with E-state index in [1.807, 2.05) is 11.4 Å². The summed E-state index contributed by atoms with van der Waals surface area (Å²) >= 11 is 7.62. The zero-order chi connectivity index (χ0) is 12.5. The van der Waals surface area contributed by atoms with Crippen molar-refractivity contribution in [3.05, 3.63) is 29.0 Å². The molecule has 3 rings (SSSR count). The van der Waals surface area contributed by atoms with Gasteiger partial charge < -0.3 is 4.74 Å². The van der Waals surface area contributed by atoms with Crippen LogP contribution in [0.5, 0.6) is 5.88 Å². The molecule has 0 aromatic carbocycles. The van der Waals surface area contributed by atoms with Gasteiger partial charge in [-0.25, -0.2) is 19.9 Å². The number of ether oxygens (including phenoxy) is 1. The van der Waals surface area contributed by atoms with Crippen LogP contribution in [0.4, 0.5) is 0 Å². The van der Waals surface area contributed by atoms with E-state index >= 15 is 0 Å². The molecule has 7 heteroatoms. The van der Waals surface area contributed by atoms with E-state index < -0.39 is 0 Å². The Hall–Kier alpha value is -1.79. The minimum atomic E-state index is 0.425. The molecule has 0 saturated heterocycles. The zero-order valence-electron chi connectivity index (χ0n) is 9.29. The molecule has 90 valence electrons. The van der Waals surface area contributed by atoms with Crippen LogP contribution in [0.15, 0.2) is 23.8 Å². The zero-order valence-corrected chi connectivity index (χ0v) is 10.9. The molecule has 5 nitrogen and oxygen atoms in total. The normalized spacial score (nSPS) is 10.8. The van der Waals surface area contributed by atoms with Crippen LogP contribution in [0.3, 0.4) is 0 Å². The largest absolute Gasteiger partial charge is 0.481 e. The summed E-state index contributed by atoms with van der Waals surface area (Å²) in [6.07, 6.45) is 1.41. The van der Waals surface area contributed by atoms with E-state index in [4.69, 9.17) is 16.3 Å². The molecule has 0 bridgehead atoms. The lowest BCUT2D eigenvalue weighted by molar-refractivity contribution is 0.397. The van der Waals surface area contributed by atoms with E-state index in [0.29, 0.717) is 22.6 Å². The van der Waals surface area contributed by atoms with Crippen molar-refractivity contribution in [3.63, 3.8) is 0 Å². The summed E-state index contributed by atoms with van der Waals surface area (Å²) in [5.74, 6) is 0.932. The molecule has 0 saturated carbocycles. The molecule has 3 heterocycles. The van der Waals surface area contributed by atoms with Crippen LogP contribution in [0, 0.1) is 0 Å². The van der Waals surface area contributed by atoms with Gasteiger partial charge in [-0.15, -0.1) is 11.3 Å². The number of hydrogen-bond donors (Lipinski definition) is 0. The highest BCUT2D eigenvalue weighted by molar-refractivity contribution is 7.16. The summed E-state index contributed by atoms with van der Waals surface area (Å²) in [4.78, 5) is 17.5. The van der Waals surface area contributed by atoms with Crippen molar-refractivity contribution in [2.24, 2.45) is 0 Å². The van der Waals surface area contributed by atoms with Crippen LogP contribution in [-0.4, -0.2) is 27.0 Å². The number of rotatable bonds is 2. The molecule has 0 fully saturated rings. The molecular formula is C11H7ClN4OS. The monoisotopic (exact) mass is 278 g/mol. The van der Waals surface area contributed by atoms with Gasteiger partial charge in [-0.1, -0.05) is 11.6 Å². The molecule has 3 aromatic heterocycles. The molecule has 0 amide bonds. The second-order valence-electron chi connectivity index (χ2n) is 3.42. The van der Waals surface area contributed by atoms with Crippen molar-refractivity contribution in [1.29, 1.82) is 0 Å². The van der Waals surface area contributed by atoms with E-state index in [0.717, 1.165) is 10.2 Å². The van der Waals surface area contributed by atoms with Gasteiger partial charge in [-0.3, -0.25) is 0 Å². The first kappa shape index (κ1) is 11.3. The fourth-order valence-electron chi connectivity index (χ4n) is 1.51. The van der Waals surface area contributed by atoms with E-state index in [1.54, 1.807) is 13.2 Å². The molecule has 18 heavy (non-hydrogen) atoms. The average molecular weight is 279 g/mol. The summed E-state index contributed by atoms with van der Waals surface area (Å²) < 4.78 is 5.04. The van der Waals surface area contributed by atoms with Crippen molar-refractivity contribution in [1.82, 2.24) is 19.9 Å². The molecule has 0 N–H and O–H groups in total. The van der Waals surface area contributed by atoms with Crippen LogP contribution < -0.4 is 4.74 Å². The number of aromatic nitrogens is 4. The first-order valence-corrected chi connectivity index (χ1v) is 6.31. The number of thiophene rings is 1. The first-order valence-electron chi connectivity index (χ1n) is 5.05. The lowest BCUT2D eigenvalue weighted by atomic mass is 10.3. The summed E-state index contributed by atoms with van der Waals surface area (Å²) in [5.41, 5.74) is 0.582. The molecule has 3 aromatic rings. The fourth-order valence-corrected chi connectivity index (χ4v) is 2.56. The Balaban J connectivity index is 2.18. The topological polar surface area (TPSA) is 60.8 Å². The van der Waals surface area contributed by atoms with Crippen molar-refractivity contribution >= 4 is 33.2 Å². The van der Waals surface area contributed by atoms with Gasteiger partial charge in [0.05, 0.1) is 7.11 Å². The van der Waals surface area contributed by atoms with Crippen molar-refractivity contribution in [2.45, 2.75) is 0 Å². The number of methoxy groups -OCH3 is 1. The summed E-state index contributed by atoms with van der Waals surface area (Å²) in [6.45, 7) is 0. The minimum Gasteiger partial charge on any atom is -0.481 e. The van der Waals surface area contributed by atoms with Gasteiger partial charge in [0.1, 0.15) is 22.0 Å². The maximum atomic E-state index is 6.11. The SMILES string of the molecule is COc1cc(-c2nc(Cl)c3ccsc3n2)ncn1. The van der Waals surface area contributed by atoms with Crippen LogP contribution in [0.1, 0.15) is 0 Å². The van der Waals surface area contributed by atoms with Gasteiger partial charge in [0.25, 0.3) is 0 Å². The number of halogens is 1. The number of hydrogen-bond acceptors (Lipinski definition) is 6.